The molecule has 0 saturated heterocycles. The van der Waals surface area contributed by atoms with Crippen LogP contribution in [0.5, 0.6) is 0 Å². The molecule has 1 aliphatic heterocycles. The van der Waals surface area contributed by atoms with E-state index in [-0.39, 0.29) is 64.4 Å². The average Bonchev–Trinajstić information content (AvgIpc) is 2.53. The van der Waals surface area contributed by atoms with E-state index in [0.717, 1.165) is 4.90 Å². The number of hydrogen-bond acceptors (Lipinski definition) is 5. The number of rotatable bonds is 4. The first-order valence-electron chi connectivity index (χ1n) is 5.29. The predicted octanol–water partition coefficient (Wildman–Crippen LogP) is -2.78. The standard InChI is InChI=1S/C11H11NO5S.K/c13-10-8-4-1-2-5-9(8)11(14)12(10)6-3-7-18(15,16)17;/h1-2,4-5H,3,6-7H2,(H,15,16,17);/q;+1/p-1. The van der Waals surface area contributed by atoms with Crippen molar-refractivity contribution >= 4 is 21.9 Å². The van der Waals surface area contributed by atoms with Crippen molar-refractivity contribution < 1.29 is 73.9 Å². The van der Waals surface area contributed by atoms with Gasteiger partial charge in [0.2, 0.25) is 0 Å². The zero-order valence-electron chi connectivity index (χ0n) is 10.3. The summed E-state index contributed by atoms with van der Waals surface area (Å²) in [7, 11) is -4.32. The molecular weight excluding hydrogens is 297 g/mol. The number of nitrogens with zero attached hydrogens (tertiary/aromatic N) is 1. The topological polar surface area (TPSA) is 94.6 Å². The Morgan fingerprint density at radius 2 is 1.53 bits per heavy atom. The fraction of sp³-hybridized carbons (Fsp3) is 0.273. The summed E-state index contributed by atoms with van der Waals surface area (Å²) in [5.74, 6) is -1.47. The first-order valence-corrected chi connectivity index (χ1v) is 6.87. The van der Waals surface area contributed by atoms with Crippen LogP contribution in [-0.4, -0.2) is 42.0 Å². The molecule has 0 aromatic heterocycles. The van der Waals surface area contributed by atoms with Gasteiger partial charge in [0.05, 0.1) is 21.2 Å². The number of hydrogen-bond donors (Lipinski definition) is 0. The maximum atomic E-state index is 11.8. The Labute approximate surface area is 153 Å². The quantitative estimate of drug-likeness (QED) is 0.341. The van der Waals surface area contributed by atoms with E-state index in [1.807, 2.05) is 0 Å². The van der Waals surface area contributed by atoms with Crippen molar-refractivity contribution in [2.75, 3.05) is 12.3 Å². The van der Waals surface area contributed by atoms with Gasteiger partial charge in [-0.2, -0.15) is 0 Å². The van der Waals surface area contributed by atoms with Crippen LogP contribution >= 0.6 is 0 Å². The molecule has 2 amide bonds. The summed E-state index contributed by atoms with van der Waals surface area (Å²) in [6.07, 6.45) is -0.0443. The Kier molecular flexibility index (Phi) is 5.87. The Bertz CT molecular complexity index is 578. The molecule has 96 valence electrons. The smallest absolute Gasteiger partial charge is 0.748 e. The molecular formula is C11H10KNO5S. The van der Waals surface area contributed by atoms with Crippen molar-refractivity contribution in [2.24, 2.45) is 0 Å². The number of fused-ring (bicyclic) bond motifs is 1. The second-order valence-corrected chi connectivity index (χ2v) is 5.45. The van der Waals surface area contributed by atoms with Gasteiger partial charge in [-0.15, -0.1) is 0 Å². The van der Waals surface area contributed by atoms with Gasteiger partial charge in [0.15, 0.2) is 0 Å². The monoisotopic (exact) mass is 307 g/mol. The average molecular weight is 307 g/mol. The van der Waals surface area contributed by atoms with Crippen LogP contribution in [0.4, 0.5) is 0 Å². The molecule has 2 rings (SSSR count). The molecule has 1 aromatic rings. The summed E-state index contributed by atoms with van der Waals surface area (Å²) in [6.45, 7) is -0.0617. The summed E-state index contributed by atoms with van der Waals surface area (Å²) >= 11 is 0. The number of carbonyl (C=O) groups is 2. The van der Waals surface area contributed by atoms with Gasteiger partial charge >= 0.3 is 51.4 Å². The number of amides is 2. The predicted molar refractivity (Wildman–Crippen MR) is 61.0 cm³/mol. The van der Waals surface area contributed by atoms with Crippen LogP contribution in [0.15, 0.2) is 24.3 Å². The van der Waals surface area contributed by atoms with Crippen molar-refractivity contribution in [1.29, 1.82) is 0 Å². The zero-order valence-corrected chi connectivity index (χ0v) is 14.3. The molecule has 0 spiro atoms. The maximum Gasteiger partial charge on any atom is 1.00 e. The molecule has 8 heteroatoms. The molecule has 0 fully saturated rings. The second-order valence-electron chi connectivity index (χ2n) is 3.92. The van der Waals surface area contributed by atoms with Gasteiger partial charge in [-0.3, -0.25) is 14.5 Å². The molecule has 0 unspecified atom stereocenters. The largest absolute Gasteiger partial charge is 1.00 e. The summed E-state index contributed by atoms with van der Waals surface area (Å²) in [6, 6.07) is 6.38. The molecule has 19 heavy (non-hydrogen) atoms. The molecule has 1 aliphatic rings. The van der Waals surface area contributed by atoms with Crippen molar-refractivity contribution in [3.8, 4) is 0 Å². The minimum Gasteiger partial charge on any atom is -0.748 e. The van der Waals surface area contributed by atoms with Gasteiger partial charge in [0.25, 0.3) is 11.8 Å². The Morgan fingerprint density at radius 3 is 1.95 bits per heavy atom. The minimum absolute atomic E-state index is 0. The molecule has 0 saturated carbocycles. The van der Waals surface area contributed by atoms with Crippen LogP contribution in [0.3, 0.4) is 0 Å². The third kappa shape index (κ3) is 3.94. The van der Waals surface area contributed by atoms with Crippen LogP contribution in [0.2, 0.25) is 0 Å². The Morgan fingerprint density at radius 1 is 1.05 bits per heavy atom. The van der Waals surface area contributed by atoms with E-state index in [2.05, 4.69) is 0 Å². The van der Waals surface area contributed by atoms with Gasteiger partial charge in [-0.25, -0.2) is 8.42 Å². The summed E-state index contributed by atoms with van der Waals surface area (Å²) in [5.41, 5.74) is 0.625. The Hall–Kier alpha value is -0.0936. The van der Waals surface area contributed by atoms with E-state index in [1.165, 1.54) is 0 Å². The molecule has 0 atom stereocenters. The SMILES string of the molecule is O=C1c2ccccc2C(=O)N1CCCS(=O)(=O)[O-].[K+]. The molecule has 6 nitrogen and oxygen atoms in total. The molecule has 1 aromatic carbocycles. The van der Waals surface area contributed by atoms with Crippen molar-refractivity contribution in [3.63, 3.8) is 0 Å². The van der Waals surface area contributed by atoms with Crippen LogP contribution < -0.4 is 51.4 Å². The van der Waals surface area contributed by atoms with Crippen LogP contribution in [-0.2, 0) is 10.1 Å². The van der Waals surface area contributed by atoms with E-state index < -0.39 is 27.7 Å². The van der Waals surface area contributed by atoms with Crippen molar-refractivity contribution in [2.45, 2.75) is 6.42 Å². The van der Waals surface area contributed by atoms with Gasteiger partial charge < -0.3 is 4.55 Å². The van der Waals surface area contributed by atoms with Gasteiger partial charge in [-0.05, 0) is 18.6 Å². The van der Waals surface area contributed by atoms with Crippen molar-refractivity contribution in [1.82, 2.24) is 4.90 Å². The van der Waals surface area contributed by atoms with Crippen LogP contribution in [0.25, 0.3) is 0 Å². The summed E-state index contributed by atoms with van der Waals surface area (Å²) in [4.78, 5) is 24.6. The summed E-state index contributed by atoms with van der Waals surface area (Å²) < 4.78 is 31.3. The third-order valence-electron chi connectivity index (χ3n) is 2.65. The van der Waals surface area contributed by atoms with E-state index in [0.29, 0.717) is 11.1 Å². The molecule has 0 bridgehead atoms. The zero-order chi connectivity index (χ0) is 13.3. The fourth-order valence-corrected chi connectivity index (χ4v) is 2.32. The number of benzene rings is 1. The molecule has 0 aliphatic carbocycles. The molecule has 0 N–H and O–H groups in total. The van der Waals surface area contributed by atoms with Crippen molar-refractivity contribution in [3.05, 3.63) is 35.4 Å². The van der Waals surface area contributed by atoms with E-state index in [9.17, 15) is 22.6 Å². The first kappa shape index (κ1) is 17.0. The van der Waals surface area contributed by atoms with E-state index in [1.54, 1.807) is 24.3 Å². The third-order valence-corrected chi connectivity index (χ3v) is 3.44. The number of carbonyl (C=O) groups excluding carboxylic acids is 2. The molecule has 1 heterocycles. The first-order chi connectivity index (χ1) is 8.40. The number of imide groups is 1. The van der Waals surface area contributed by atoms with Gasteiger partial charge in [-0.1, -0.05) is 12.1 Å². The normalized spacial score (nSPS) is 14.3. The second kappa shape index (κ2) is 6.57. The van der Waals surface area contributed by atoms with Crippen LogP contribution in [0, 0.1) is 0 Å². The molecule has 0 radical (unpaired) electrons. The Balaban J connectivity index is 0.00000180. The minimum atomic E-state index is -4.32. The van der Waals surface area contributed by atoms with Gasteiger partial charge in [0.1, 0.15) is 0 Å². The van der Waals surface area contributed by atoms with E-state index >= 15 is 0 Å². The van der Waals surface area contributed by atoms with E-state index in [4.69, 9.17) is 0 Å². The van der Waals surface area contributed by atoms with Gasteiger partial charge in [0, 0.05) is 12.3 Å². The van der Waals surface area contributed by atoms with Crippen LogP contribution in [0.1, 0.15) is 27.1 Å². The fourth-order valence-electron chi connectivity index (χ4n) is 1.84. The maximum absolute atomic E-state index is 11.8. The summed E-state index contributed by atoms with van der Waals surface area (Å²) in [5, 5.41) is 0.